The van der Waals surface area contributed by atoms with Crippen molar-refractivity contribution in [1.29, 1.82) is 0 Å². The summed E-state index contributed by atoms with van der Waals surface area (Å²) in [5.74, 6) is 0.341. The van der Waals surface area contributed by atoms with E-state index in [1.54, 1.807) is 12.1 Å². The summed E-state index contributed by atoms with van der Waals surface area (Å²) in [4.78, 5) is 11.7. The topological polar surface area (TPSA) is 26.3 Å². The van der Waals surface area contributed by atoms with Crippen molar-refractivity contribution in [3.63, 3.8) is 0 Å². The summed E-state index contributed by atoms with van der Waals surface area (Å²) in [5, 5.41) is 0. The summed E-state index contributed by atoms with van der Waals surface area (Å²) < 4.78 is 19.0. The maximum atomic E-state index is 13.2. The fraction of sp³-hybridized carbons (Fsp3) is 0.389. The fourth-order valence-corrected chi connectivity index (χ4v) is 2.93. The lowest BCUT2D eigenvalue weighted by Crippen LogP contribution is -2.37. The van der Waals surface area contributed by atoms with Gasteiger partial charge in [-0.15, -0.1) is 0 Å². The third kappa shape index (κ3) is 2.70. The van der Waals surface area contributed by atoms with Crippen LogP contribution in [0, 0.1) is 11.7 Å². The molecular formula is C18H19FO2. The molecule has 0 saturated heterocycles. The van der Waals surface area contributed by atoms with Gasteiger partial charge in [0.15, 0.2) is 11.9 Å². The fourth-order valence-electron chi connectivity index (χ4n) is 2.93. The number of carbonyl (C=O) groups excluding carboxylic acids is 1. The van der Waals surface area contributed by atoms with Gasteiger partial charge in [-0.3, -0.25) is 4.79 Å². The molecule has 2 aliphatic carbocycles. The lowest BCUT2D eigenvalue weighted by atomic mass is 9.80. The molecule has 3 rings (SSSR count). The molecule has 3 heteroatoms. The molecule has 110 valence electrons. The smallest absolute Gasteiger partial charge is 0.156 e. The van der Waals surface area contributed by atoms with Crippen molar-refractivity contribution in [2.75, 3.05) is 6.61 Å². The quantitative estimate of drug-likeness (QED) is 0.767. The molecule has 1 atom stereocenters. The highest BCUT2D eigenvalue weighted by Gasteiger charge is 2.39. The second-order valence-electron chi connectivity index (χ2n) is 5.69. The van der Waals surface area contributed by atoms with Crippen molar-refractivity contribution in [3.8, 4) is 0 Å². The first-order chi connectivity index (χ1) is 10.2. The number of aldehydes is 1. The van der Waals surface area contributed by atoms with Crippen molar-refractivity contribution in [1.82, 2.24) is 0 Å². The molecule has 0 amide bonds. The molecule has 0 aromatic heterocycles. The number of allylic oxidation sites excluding steroid dienone is 2. The standard InChI is InChI=1S/C18H19FO2/c1-2-21-18(12-20)10-9-15(13-3-4-13)11-17(18)14-5-7-16(19)8-6-14/h5-9,11-13H,2-4,10H2,1H3. The Kier molecular flexibility index (Phi) is 3.77. The predicted octanol–water partition coefficient (Wildman–Crippen LogP) is 3.92. The normalized spacial score (nSPS) is 25.2. The van der Waals surface area contributed by atoms with Crippen LogP contribution in [0.25, 0.3) is 5.57 Å². The van der Waals surface area contributed by atoms with Crippen LogP contribution in [0.1, 0.15) is 31.7 Å². The molecule has 0 radical (unpaired) electrons. The van der Waals surface area contributed by atoms with E-state index < -0.39 is 5.60 Å². The first-order valence-corrected chi connectivity index (χ1v) is 7.47. The lowest BCUT2D eigenvalue weighted by molar-refractivity contribution is -0.123. The highest BCUT2D eigenvalue weighted by molar-refractivity contribution is 5.91. The van der Waals surface area contributed by atoms with Crippen molar-refractivity contribution in [2.45, 2.75) is 31.8 Å². The van der Waals surface area contributed by atoms with Crippen LogP contribution in [0.2, 0.25) is 0 Å². The molecule has 0 spiro atoms. The largest absolute Gasteiger partial charge is 0.363 e. The predicted molar refractivity (Wildman–Crippen MR) is 80.2 cm³/mol. The molecule has 1 aromatic carbocycles. The number of hydrogen-bond acceptors (Lipinski definition) is 2. The molecule has 0 bridgehead atoms. The van der Waals surface area contributed by atoms with Gasteiger partial charge in [-0.05, 0) is 54.5 Å². The number of rotatable bonds is 5. The van der Waals surface area contributed by atoms with Gasteiger partial charge in [-0.25, -0.2) is 4.39 Å². The van der Waals surface area contributed by atoms with Crippen molar-refractivity contribution >= 4 is 11.9 Å². The first-order valence-electron chi connectivity index (χ1n) is 7.47. The summed E-state index contributed by atoms with van der Waals surface area (Å²) in [5.41, 5.74) is 2.05. The van der Waals surface area contributed by atoms with E-state index >= 15 is 0 Å². The van der Waals surface area contributed by atoms with Gasteiger partial charge in [0.25, 0.3) is 0 Å². The first kappa shape index (κ1) is 14.2. The van der Waals surface area contributed by atoms with E-state index in [1.165, 1.54) is 30.5 Å². The van der Waals surface area contributed by atoms with Crippen LogP contribution in [0.15, 0.2) is 42.0 Å². The zero-order valence-electron chi connectivity index (χ0n) is 12.1. The van der Waals surface area contributed by atoms with Gasteiger partial charge in [-0.1, -0.05) is 24.3 Å². The maximum Gasteiger partial charge on any atom is 0.156 e. The Morgan fingerprint density at radius 2 is 2.05 bits per heavy atom. The number of halogens is 1. The molecule has 21 heavy (non-hydrogen) atoms. The van der Waals surface area contributed by atoms with Crippen LogP contribution in [0.5, 0.6) is 0 Å². The Morgan fingerprint density at radius 1 is 1.33 bits per heavy atom. The molecular weight excluding hydrogens is 267 g/mol. The molecule has 0 heterocycles. The molecule has 0 aliphatic heterocycles. The van der Waals surface area contributed by atoms with Gasteiger partial charge in [0.2, 0.25) is 0 Å². The van der Waals surface area contributed by atoms with E-state index in [0.717, 1.165) is 17.4 Å². The van der Waals surface area contributed by atoms with E-state index in [0.29, 0.717) is 18.9 Å². The van der Waals surface area contributed by atoms with Gasteiger partial charge < -0.3 is 4.74 Å². The zero-order valence-corrected chi connectivity index (χ0v) is 12.1. The van der Waals surface area contributed by atoms with E-state index in [-0.39, 0.29) is 5.82 Å². The van der Waals surface area contributed by atoms with Crippen molar-refractivity contribution < 1.29 is 13.9 Å². The minimum atomic E-state index is -0.940. The molecule has 1 aromatic rings. The summed E-state index contributed by atoms with van der Waals surface area (Å²) >= 11 is 0. The molecule has 2 nitrogen and oxygen atoms in total. The van der Waals surface area contributed by atoms with Gasteiger partial charge in [0.05, 0.1) is 0 Å². The maximum absolute atomic E-state index is 13.2. The Morgan fingerprint density at radius 3 is 2.62 bits per heavy atom. The van der Waals surface area contributed by atoms with Gasteiger partial charge in [0.1, 0.15) is 5.82 Å². The zero-order chi connectivity index (χ0) is 14.9. The van der Waals surface area contributed by atoms with Gasteiger partial charge in [-0.2, -0.15) is 0 Å². The van der Waals surface area contributed by atoms with E-state index in [1.807, 2.05) is 6.92 Å². The minimum absolute atomic E-state index is 0.277. The molecule has 1 fully saturated rings. The van der Waals surface area contributed by atoms with Crippen LogP contribution in [-0.4, -0.2) is 18.5 Å². The molecule has 2 aliphatic rings. The van der Waals surface area contributed by atoms with Crippen molar-refractivity contribution in [3.05, 3.63) is 53.4 Å². The SMILES string of the molecule is CCOC1(C=O)CC=C(C2CC2)C=C1c1ccc(F)cc1. The second kappa shape index (κ2) is 5.57. The Bertz CT molecular complexity index is 596. The Balaban J connectivity index is 2.04. The molecule has 1 saturated carbocycles. The van der Waals surface area contributed by atoms with E-state index in [9.17, 15) is 9.18 Å². The van der Waals surface area contributed by atoms with Gasteiger partial charge >= 0.3 is 0 Å². The van der Waals surface area contributed by atoms with Crippen LogP contribution < -0.4 is 0 Å². The highest BCUT2D eigenvalue weighted by Crippen LogP contribution is 2.44. The lowest BCUT2D eigenvalue weighted by Gasteiger charge is -2.33. The number of hydrogen-bond donors (Lipinski definition) is 0. The average molecular weight is 286 g/mol. The van der Waals surface area contributed by atoms with Crippen LogP contribution in [0.3, 0.4) is 0 Å². The summed E-state index contributed by atoms with van der Waals surface area (Å²) in [6, 6.07) is 6.28. The number of carbonyl (C=O) groups is 1. The summed E-state index contributed by atoms with van der Waals surface area (Å²) in [6.07, 6.45) is 8.04. The Hall–Kier alpha value is -1.74. The van der Waals surface area contributed by atoms with Crippen molar-refractivity contribution in [2.24, 2.45) is 5.92 Å². The third-order valence-electron chi connectivity index (χ3n) is 4.20. The van der Waals surface area contributed by atoms with Crippen LogP contribution in [-0.2, 0) is 9.53 Å². The summed E-state index contributed by atoms with van der Waals surface area (Å²) in [7, 11) is 0. The minimum Gasteiger partial charge on any atom is -0.363 e. The Labute approximate surface area is 124 Å². The highest BCUT2D eigenvalue weighted by atomic mass is 19.1. The van der Waals surface area contributed by atoms with E-state index in [2.05, 4.69) is 12.2 Å². The van der Waals surface area contributed by atoms with E-state index in [4.69, 9.17) is 4.74 Å². The number of ether oxygens (including phenoxy) is 1. The van der Waals surface area contributed by atoms with Crippen LogP contribution >= 0.6 is 0 Å². The number of benzene rings is 1. The second-order valence-corrected chi connectivity index (χ2v) is 5.69. The van der Waals surface area contributed by atoms with Crippen LogP contribution in [0.4, 0.5) is 4.39 Å². The summed E-state index contributed by atoms with van der Waals surface area (Å²) in [6.45, 7) is 2.34. The third-order valence-corrected chi connectivity index (χ3v) is 4.20. The molecule has 1 unspecified atom stereocenters. The molecule has 0 N–H and O–H groups in total. The monoisotopic (exact) mass is 286 g/mol. The average Bonchev–Trinajstić information content (AvgIpc) is 3.33. The van der Waals surface area contributed by atoms with Gasteiger partial charge in [0, 0.05) is 13.0 Å².